The fourth-order valence-electron chi connectivity index (χ4n) is 2.16. The van der Waals surface area contributed by atoms with Gasteiger partial charge >= 0.3 is 0 Å². The van der Waals surface area contributed by atoms with Gasteiger partial charge in [0.2, 0.25) is 0 Å². The molecule has 1 aliphatic carbocycles. The second-order valence-electron chi connectivity index (χ2n) is 6.13. The van der Waals surface area contributed by atoms with Gasteiger partial charge in [-0.05, 0) is 44.7 Å². The molecule has 1 saturated carbocycles. The zero-order valence-electron chi connectivity index (χ0n) is 12.5. The zero-order chi connectivity index (χ0) is 14.0. The van der Waals surface area contributed by atoms with Crippen LogP contribution < -0.4 is 10.2 Å². The lowest BCUT2D eigenvalue weighted by Crippen LogP contribution is -2.41. The Morgan fingerprint density at radius 3 is 2.63 bits per heavy atom. The summed E-state index contributed by atoms with van der Waals surface area (Å²) in [4.78, 5) is 2.32. The molecule has 0 bridgehead atoms. The molecule has 0 saturated heterocycles. The van der Waals surface area contributed by atoms with Crippen molar-refractivity contribution in [1.29, 1.82) is 0 Å². The van der Waals surface area contributed by atoms with Gasteiger partial charge in [0.15, 0.2) is 0 Å². The summed E-state index contributed by atoms with van der Waals surface area (Å²) in [7, 11) is 2.14. The highest BCUT2D eigenvalue weighted by Gasteiger charge is 2.26. The van der Waals surface area contributed by atoms with E-state index < -0.39 is 0 Å². The van der Waals surface area contributed by atoms with Gasteiger partial charge in [-0.15, -0.1) is 0 Å². The maximum Gasteiger partial charge on any atom is 0.0642 e. The second-order valence-corrected chi connectivity index (χ2v) is 6.53. The van der Waals surface area contributed by atoms with Crippen molar-refractivity contribution in [3.63, 3.8) is 0 Å². The minimum atomic E-state index is 0.110. The van der Waals surface area contributed by atoms with Gasteiger partial charge in [-0.2, -0.15) is 0 Å². The smallest absolute Gasteiger partial charge is 0.0642 e. The molecule has 1 aromatic carbocycles. The van der Waals surface area contributed by atoms with Crippen molar-refractivity contribution >= 4 is 17.3 Å². The van der Waals surface area contributed by atoms with E-state index in [2.05, 4.69) is 44.1 Å². The van der Waals surface area contributed by atoms with Crippen molar-refractivity contribution in [3.05, 3.63) is 28.8 Å². The molecule has 0 atom stereocenters. The first-order valence-corrected chi connectivity index (χ1v) is 7.58. The van der Waals surface area contributed by atoms with Gasteiger partial charge in [-0.3, -0.25) is 0 Å². The summed E-state index contributed by atoms with van der Waals surface area (Å²) in [5, 5.41) is 4.43. The minimum absolute atomic E-state index is 0.110. The van der Waals surface area contributed by atoms with Gasteiger partial charge in [0, 0.05) is 25.2 Å². The first-order chi connectivity index (χ1) is 8.95. The molecule has 0 radical (unpaired) electrons. The Bertz CT molecular complexity index is 438. The van der Waals surface area contributed by atoms with Gasteiger partial charge < -0.3 is 10.2 Å². The van der Waals surface area contributed by atoms with Crippen molar-refractivity contribution in [1.82, 2.24) is 5.32 Å². The average molecular weight is 281 g/mol. The first-order valence-electron chi connectivity index (χ1n) is 7.20. The number of para-hydroxylation sites is 1. The third-order valence-electron chi connectivity index (χ3n) is 4.34. The number of hydrogen-bond donors (Lipinski definition) is 1. The molecule has 1 N–H and O–H groups in total. The van der Waals surface area contributed by atoms with Crippen molar-refractivity contribution < 1.29 is 0 Å². The molecule has 0 aliphatic heterocycles. The summed E-state index contributed by atoms with van der Waals surface area (Å²) in [6.07, 6.45) is 3.71. The Hall–Kier alpha value is -0.730. The van der Waals surface area contributed by atoms with Gasteiger partial charge in [-0.25, -0.2) is 0 Å². The Morgan fingerprint density at radius 2 is 2.05 bits per heavy atom. The van der Waals surface area contributed by atoms with Crippen LogP contribution in [0.3, 0.4) is 0 Å². The lowest BCUT2D eigenvalue weighted by atomic mass is 9.98. The van der Waals surface area contributed by atoms with E-state index in [0.29, 0.717) is 0 Å². The molecular weight excluding hydrogens is 256 g/mol. The van der Waals surface area contributed by atoms with E-state index in [-0.39, 0.29) is 5.54 Å². The van der Waals surface area contributed by atoms with Crippen LogP contribution in [0.1, 0.15) is 45.6 Å². The number of nitrogens with one attached hydrogen (secondary N) is 1. The molecule has 3 heteroatoms. The van der Waals surface area contributed by atoms with E-state index in [1.54, 1.807) is 0 Å². The van der Waals surface area contributed by atoms with E-state index in [4.69, 9.17) is 11.6 Å². The van der Waals surface area contributed by atoms with E-state index in [0.717, 1.165) is 24.0 Å². The van der Waals surface area contributed by atoms with Crippen LogP contribution in [0.5, 0.6) is 0 Å². The average Bonchev–Trinajstić information content (AvgIpc) is 3.19. The maximum atomic E-state index is 6.45. The van der Waals surface area contributed by atoms with Crippen LogP contribution >= 0.6 is 11.6 Å². The number of rotatable bonds is 6. The van der Waals surface area contributed by atoms with Crippen LogP contribution in [0.2, 0.25) is 5.02 Å². The molecule has 1 aromatic rings. The molecule has 106 valence electrons. The second kappa shape index (κ2) is 5.72. The van der Waals surface area contributed by atoms with Crippen molar-refractivity contribution in [2.75, 3.05) is 11.9 Å². The fraction of sp³-hybridized carbons (Fsp3) is 0.625. The van der Waals surface area contributed by atoms with E-state index in [1.165, 1.54) is 24.1 Å². The van der Waals surface area contributed by atoms with E-state index in [9.17, 15) is 0 Å². The monoisotopic (exact) mass is 280 g/mol. The van der Waals surface area contributed by atoms with Gasteiger partial charge in [0.05, 0.1) is 10.7 Å². The third kappa shape index (κ3) is 3.43. The molecule has 0 spiro atoms. The normalized spacial score (nSPS) is 15.6. The zero-order valence-corrected chi connectivity index (χ0v) is 13.2. The molecule has 0 amide bonds. The fourth-order valence-corrected chi connectivity index (χ4v) is 2.48. The van der Waals surface area contributed by atoms with Gasteiger partial charge in [0.25, 0.3) is 0 Å². The SMILES string of the molecule is CCC(C)(C)N(C)c1c(Cl)cccc1CNC1CC1. The molecule has 0 heterocycles. The van der Waals surface area contributed by atoms with Crippen molar-refractivity contribution in [2.45, 2.75) is 58.2 Å². The summed E-state index contributed by atoms with van der Waals surface area (Å²) in [5.41, 5.74) is 2.58. The van der Waals surface area contributed by atoms with Crippen molar-refractivity contribution in [2.24, 2.45) is 0 Å². The minimum Gasteiger partial charge on any atom is -0.368 e. The summed E-state index contributed by atoms with van der Waals surface area (Å²) < 4.78 is 0. The predicted octanol–water partition coefficient (Wildman–Crippen LogP) is 4.22. The Labute approximate surface area is 122 Å². The molecule has 1 fully saturated rings. The van der Waals surface area contributed by atoms with Crippen LogP contribution in [0.4, 0.5) is 5.69 Å². The summed E-state index contributed by atoms with van der Waals surface area (Å²) in [5.74, 6) is 0. The summed E-state index contributed by atoms with van der Waals surface area (Å²) in [6.45, 7) is 7.64. The number of hydrogen-bond acceptors (Lipinski definition) is 2. The summed E-state index contributed by atoms with van der Waals surface area (Å²) in [6, 6.07) is 6.93. The van der Waals surface area contributed by atoms with Crippen LogP contribution in [-0.4, -0.2) is 18.6 Å². The molecule has 1 aliphatic rings. The standard InChI is InChI=1S/C16H25ClN2/c1-5-16(2,3)19(4)15-12(7-6-8-14(15)17)11-18-13-9-10-13/h6-8,13,18H,5,9-11H2,1-4H3. The van der Waals surface area contributed by atoms with Gasteiger partial charge in [0.1, 0.15) is 0 Å². The Kier molecular flexibility index (Phi) is 4.42. The molecular formula is C16H25ClN2. The third-order valence-corrected chi connectivity index (χ3v) is 4.64. The number of nitrogens with zero attached hydrogens (tertiary/aromatic N) is 1. The number of anilines is 1. The highest BCUT2D eigenvalue weighted by Crippen LogP contribution is 2.35. The molecule has 0 aromatic heterocycles. The van der Waals surface area contributed by atoms with Gasteiger partial charge in [-0.1, -0.05) is 30.7 Å². The quantitative estimate of drug-likeness (QED) is 0.839. The van der Waals surface area contributed by atoms with Crippen LogP contribution in [0.15, 0.2) is 18.2 Å². The highest BCUT2D eigenvalue weighted by molar-refractivity contribution is 6.33. The van der Waals surface area contributed by atoms with E-state index in [1.807, 2.05) is 12.1 Å². The van der Waals surface area contributed by atoms with Crippen LogP contribution in [0.25, 0.3) is 0 Å². The molecule has 2 rings (SSSR count). The van der Waals surface area contributed by atoms with Crippen molar-refractivity contribution in [3.8, 4) is 0 Å². The lowest BCUT2D eigenvalue weighted by molar-refractivity contribution is 0.469. The Balaban J connectivity index is 2.25. The van der Waals surface area contributed by atoms with Crippen LogP contribution in [0, 0.1) is 0 Å². The number of benzene rings is 1. The first kappa shape index (κ1) is 14.7. The molecule has 2 nitrogen and oxygen atoms in total. The topological polar surface area (TPSA) is 15.3 Å². The highest BCUT2D eigenvalue weighted by atomic mass is 35.5. The number of halogens is 1. The van der Waals surface area contributed by atoms with Crippen LogP contribution in [-0.2, 0) is 6.54 Å². The molecule has 19 heavy (non-hydrogen) atoms. The Morgan fingerprint density at radius 1 is 1.37 bits per heavy atom. The maximum absolute atomic E-state index is 6.45. The largest absolute Gasteiger partial charge is 0.368 e. The van der Waals surface area contributed by atoms with E-state index >= 15 is 0 Å². The molecule has 0 unspecified atom stereocenters. The summed E-state index contributed by atoms with van der Waals surface area (Å²) >= 11 is 6.45. The predicted molar refractivity (Wildman–Crippen MR) is 84.1 cm³/mol. The lowest BCUT2D eigenvalue weighted by Gasteiger charge is -2.38.